The van der Waals surface area contributed by atoms with Gasteiger partial charge in [-0.15, -0.1) is 5.11 Å². The van der Waals surface area contributed by atoms with Crippen molar-refractivity contribution < 1.29 is 5.11 Å². The van der Waals surface area contributed by atoms with Gasteiger partial charge in [-0.25, -0.2) is 0 Å². The molecule has 0 fully saturated rings. The zero-order valence-corrected chi connectivity index (χ0v) is 20.4. The Labute approximate surface area is 205 Å². The van der Waals surface area contributed by atoms with Crippen LogP contribution in [0.3, 0.4) is 0 Å². The number of aromatic hydroxyl groups is 1. The number of aryl methyl sites for hydroxylation is 1. The van der Waals surface area contributed by atoms with Crippen LogP contribution in [-0.2, 0) is 13.0 Å². The zero-order chi connectivity index (χ0) is 25.2. The van der Waals surface area contributed by atoms with Crippen LogP contribution in [0.5, 0.6) is 5.88 Å². The number of hydrogen-bond acceptors (Lipinski definition) is 7. The number of unbranched alkanes of at least 4 members (excludes halogenated alkanes) is 2. The predicted molar refractivity (Wildman–Crippen MR) is 137 cm³/mol. The lowest BCUT2D eigenvalue weighted by atomic mass is 10.1. The van der Waals surface area contributed by atoms with Crippen LogP contribution in [0.15, 0.2) is 73.8 Å². The van der Waals surface area contributed by atoms with Crippen LogP contribution in [0.25, 0.3) is 0 Å². The monoisotopic (exact) mass is 470 g/mol. The topological polar surface area (TPSA) is 115 Å². The van der Waals surface area contributed by atoms with Gasteiger partial charge in [0.1, 0.15) is 11.6 Å². The van der Waals surface area contributed by atoms with Crippen molar-refractivity contribution in [1.82, 2.24) is 4.57 Å². The van der Waals surface area contributed by atoms with E-state index >= 15 is 0 Å². The maximum Gasteiger partial charge on any atom is 0.281 e. The van der Waals surface area contributed by atoms with Crippen LogP contribution >= 0.6 is 0 Å². The van der Waals surface area contributed by atoms with E-state index in [1.807, 2.05) is 25.1 Å². The Kier molecular flexibility index (Phi) is 9.02. The molecular formula is C27H30N6O2. The summed E-state index contributed by atoms with van der Waals surface area (Å²) in [5, 5.41) is 36.6. The average molecular weight is 471 g/mol. The number of nitriles is 1. The lowest BCUT2D eigenvalue weighted by Crippen LogP contribution is -2.22. The fourth-order valence-corrected chi connectivity index (χ4v) is 3.50. The Hall–Kier alpha value is -4.12. The zero-order valence-electron chi connectivity index (χ0n) is 20.4. The Bertz CT molecular complexity index is 1300. The molecule has 0 radical (unpaired) electrons. The van der Waals surface area contributed by atoms with E-state index in [0.717, 1.165) is 18.5 Å². The molecule has 0 saturated heterocycles. The van der Waals surface area contributed by atoms with E-state index in [1.165, 1.54) is 23.0 Å². The summed E-state index contributed by atoms with van der Waals surface area (Å²) in [6, 6.07) is 17.0. The fraction of sp³-hybridized carbons (Fsp3) is 0.333. The first-order valence-corrected chi connectivity index (χ1v) is 11.9. The maximum absolute atomic E-state index is 12.9. The van der Waals surface area contributed by atoms with Crippen molar-refractivity contribution in [2.45, 2.75) is 59.4 Å². The summed E-state index contributed by atoms with van der Waals surface area (Å²) < 4.78 is 1.18. The number of hydrogen-bond donors (Lipinski definition) is 1. The van der Waals surface area contributed by atoms with Gasteiger partial charge in [0.05, 0.1) is 17.1 Å². The first-order valence-electron chi connectivity index (χ1n) is 11.9. The minimum absolute atomic E-state index is 0.0313. The highest BCUT2D eigenvalue weighted by Gasteiger charge is 2.18. The highest BCUT2D eigenvalue weighted by atomic mass is 16.3. The molecule has 0 aliphatic rings. The molecule has 0 atom stereocenters. The maximum atomic E-state index is 12.9. The number of nitrogens with zero attached hydrogens (tertiary/aromatic N) is 6. The Morgan fingerprint density at radius 2 is 1.37 bits per heavy atom. The molecule has 1 N–H and O–H groups in total. The summed E-state index contributed by atoms with van der Waals surface area (Å²) in [5.41, 5.74) is 3.17. The second kappa shape index (κ2) is 12.4. The lowest BCUT2D eigenvalue weighted by Gasteiger charge is -2.12. The average Bonchev–Trinajstić information content (AvgIpc) is 2.87. The molecule has 8 heteroatoms. The van der Waals surface area contributed by atoms with E-state index in [9.17, 15) is 15.2 Å². The third-order valence-corrected chi connectivity index (χ3v) is 5.66. The van der Waals surface area contributed by atoms with Crippen molar-refractivity contribution in [3.05, 3.63) is 75.6 Å². The minimum atomic E-state index is -0.470. The van der Waals surface area contributed by atoms with Gasteiger partial charge in [-0.3, -0.25) is 9.36 Å². The van der Waals surface area contributed by atoms with Gasteiger partial charge in [0.15, 0.2) is 5.69 Å². The number of benzene rings is 2. The van der Waals surface area contributed by atoms with E-state index in [4.69, 9.17) is 0 Å². The normalized spacial score (nSPS) is 11.4. The molecule has 35 heavy (non-hydrogen) atoms. The van der Waals surface area contributed by atoms with Gasteiger partial charge in [0.2, 0.25) is 5.88 Å². The third kappa shape index (κ3) is 6.48. The first kappa shape index (κ1) is 25.5. The van der Waals surface area contributed by atoms with Gasteiger partial charge in [0, 0.05) is 12.1 Å². The quantitative estimate of drug-likeness (QED) is 0.306. The number of pyridine rings is 1. The Morgan fingerprint density at radius 3 is 1.89 bits per heavy atom. The van der Waals surface area contributed by atoms with Crippen LogP contribution in [0.2, 0.25) is 0 Å². The molecular weight excluding hydrogens is 440 g/mol. The number of aromatic nitrogens is 1. The summed E-state index contributed by atoms with van der Waals surface area (Å²) in [6.07, 6.45) is 4.94. The smallest absolute Gasteiger partial charge is 0.281 e. The van der Waals surface area contributed by atoms with Gasteiger partial charge in [-0.1, -0.05) is 38.8 Å². The van der Waals surface area contributed by atoms with E-state index in [0.29, 0.717) is 29.9 Å². The van der Waals surface area contributed by atoms with E-state index < -0.39 is 5.56 Å². The highest BCUT2D eigenvalue weighted by Crippen LogP contribution is 2.28. The molecule has 0 aliphatic carbocycles. The second-order valence-electron chi connectivity index (χ2n) is 8.28. The molecule has 0 amide bonds. The predicted octanol–water partition coefficient (Wildman–Crippen LogP) is 7.71. The Morgan fingerprint density at radius 1 is 0.857 bits per heavy atom. The van der Waals surface area contributed by atoms with Gasteiger partial charge in [-0.2, -0.15) is 20.6 Å². The van der Waals surface area contributed by atoms with E-state index in [-0.39, 0.29) is 17.1 Å². The SMILES string of the molecule is CCCCc1ccc(N=Nc2ccc(N=Nc3c(C)c(C#N)c(O)n(CCCC)c3=O)cc2)cc1. The number of azo groups is 2. The van der Waals surface area contributed by atoms with Gasteiger partial charge in [0.25, 0.3) is 5.56 Å². The van der Waals surface area contributed by atoms with Crippen molar-refractivity contribution in [3.63, 3.8) is 0 Å². The molecule has 0 saturated carbocycles. The fourth-order valence-electron chi connectivity index (χ4n) is 3.50. The van der Waals surface area contributed by atoms with Gasteiger partial charge < -0.3 is 5.11 Å². The molecule has 180 valence electrons. The second-order valence-corrected chi connectivity index (χ2v) is 8.28. The minimum Gasteiger partial charge on any atom is -0.493 e. The van der Waals surface area contributed by atoms with Crippen LogP contribution in [-0.4, -0.2) is 9.67 Å². The standard InChI is InChI=1S/C27H30N6O2/c1-4-6-8-20-9-11-21(12-10-20)29-30-22-13-15-23(16-14-22)31-32-25-19(3)24(18-28)26(34)33(27(25)35)17-7-5-2/h9-16,34H,4-8,17H2,1-3H3. The largest absolute Gasteiger partial charge is 0.493 e. The molecule has 3 rings (SSSR count). The molecule has 0 spiro atoms. The van der Waals surface area contributed by atoms with E-state index in [1.54, 1.807) is 31.2 Å². The highest BCUT2D eigenvalue weighted by molar-refractivity contribution is 5.57. The van der Waals surface area contributed by atoms with Crippen molar-refractivity contribution >= 4 is 22.7 Å². The van der Waals surface area contributed by atoms with E-state index in [2.05, 4.69) is 39.5 Å². The van der Waals surface area contributed by atoms with Gasteiger partial charge >= 0.3 is 0 Å². The summed E-state index contributed by atoms with van der Waals surface area (Å²) in [5.74, 6) is -0.326. The van der Waals surface area contributed by atoms with Crippen LogP contribution < -0.4 is 5.56 Å². The molecule has 0 bridgehead atoms. The van der Waals surface area contributed by atoms with Crippen molar-refractivity contribution in [1.29, 1.82) is 5.26 Å². The van der Waals surface area contributed by atoms with Crippen LogP contribution in [0.4, 0.5) is 22.7 Å². The van der Waals surface area contributed by atoms with Crippen LogP contribution in [0.1, 0.15) is 56.2 Å². The van der Waals surface area contributed by atoms with Crippen molar-refractivity contribution in [2.75, 3.05) is 0 Å². The molecule has 2 aromatic carbocycles. The number of rotatable bonds is 10. The molecule has 1 heterocycles. The van der Waals surface area contributed by atoms with Crippen LogP contribution in [0, 0.1) is 18.3 Å². The molecule has 8 nitrogen and oxygen atoms in total. The molecule has 1 aromatic heterocycles. The van der Waals surface area contributed by atoms with Crippen molar-refractivity contribution in [3.8, 4) is 11.9 Å². The lowest BCUT2D eigenvalue weighted by molar-refractivity contribution is 0.399. The summed E-state index contributed by atoms with van der Waals surface area (Å²) >= 11 is 0. The summed E-state index contributed by atoms with van der Waals surface area (Å²) in [4.78, 5) is 12.9. The summed E-state index contributed by atoms with van der Waals surface area (Å²) in [7, 11) is 0. The van der Waals surface area contributed by atoms with Crippen molar-refractivity contribution in [2.24, 2.45) is 20.5 Å². The third-order valence-electron chi connectivity index (χ3n) is 5.66. The molecule has 0 aliphatic heterocycles. The summed E-state index contributed by atoms with van der Waals surface area (Å²) in [6.45, 7) is 6.05. The molecule has 0 unspecified atom stereocenters. The Balaban J connectivity index is 1.77. The van der Waals surface area contributed by atoms with Gasteiger partial charge in [-0.05, 0) is 68.1 Å². The molecule has 3 aromatic rings. The first-order chi connectivity index (χ1) is 17.0.